The fourth-order valence-electron chi connectivity index (χ4n) is 2.04. The number of thioether (sulfide) groups is 1. The van der Waals surface area contributed by atoms with Crippen LogP contribution in [0.2, 0.25) is 0 Å². The molecule has 3 nitrogen and oxygen atoms in total. The van der Waals surface area contributed by atoms with Gasteiger partial charge in [0.05, 0.1) is 26.4 Å². The molecule has 104 valence electrons. The van der Waals surface area contributed by atoms with Gasteiger partial charge in [-0.2, -0.15) is 0 Å². The van der Waals surface area contributed by atoms with Crippen molar-refractivity contribution in [1.29, 1.82) is 0 Å². The minimum Gasteiger partial charge on any atom is -0.378 e. The van der Waals surface area contributed by atoms with Crippen LogP contribution in [0.4, 0.5) is 0 Å². The summed E-state index contributed by atoms with van der Waals surface area (Å²) in [5, 5.41) is 2.23. The zero-order valence-corrected chi connectivity index (χ0v) is 13.7. The lowest BCUT2D eigenvalue weighted by Crippen LogP contribution is -2.32. The third-order valence-electron chi connectivity index (χ3n) is 3.04. The lowest BCUT2D eigenvalue weighted by atomic mass is 10.1. The molecule has 0 bridgehead atoms. The van der Waals surface area contributed by atoms with Crippen LogP contribution in [0, 0.1) is 0 Å². The number of nitrogens with zero attached hydrogens (tertiary/aromatic N) is 1. The first-order valence-electron chi connectivity index (χ1n) is 6.62. The summed E-state index contributed by atoms with van der Waals surface area (Å²) >= 11 is 1.98. The Hall–Kier alpha value is 0.570. The number of rotatable bonds is 8. The number of hydrogen-bond acceptors (Lipinski definition) is 4. The summed E-state index contributed by atoms with van der Waals surface area (Å²) < 4.78 is 15.0. The lowest BCUT2D eigenvalue weighted by Gasteiger charge is -2.26. The summed E-state index contributed by atoms with van der Waals surface area (Å²) in [5.41, 5.74) is 0. The third-order valence-corrected chi connectivity index (χ3v) is 7.15. The van der Waals surface area contributed by atoms with Crippen LogP contribution in [0.1, 0.15) is 19.3 Å². The second kappa shape index (κ2) is 9.47. The summed E-state index contributed by atoms with van der Waals surface area (Å²) in [6, 6.07) is 0. The molecule has 2 aliphatic rings. The number of likely N-dealkylation sites (tertiary alicyclic amines) is 1. The molecule has 0 unspecified atom stereocenters. The summed E-state index contributed by atoms with van der Waals surface area (Å²) in [4.78, 5) is 2.51. The molecular weight excluding hydrogens is 361 g/mol. The van der Waals surface area contributed by atoms with E-state index < -0.39 is 0 Å². The highest BCUT2D eigenvalue weighted by Gasteiger charge is 2.08. The summed E-state index contributed by atoms with van der Waals surface area (Å²) in [5.74, 6) is 0. The van der Waals surface area contributed by atoms with E-state index in [-0.39, 0.29) is 20.7 Å². The summed E-state index contributed by atoms with van der Waals surface area (Å²) in [6.07, 6.45) is 4.12. The molecule has 1 fully saturated rings. The maximum absolute atomic E-state index is 5.61. The van der Waals surface area contributed by atoms with Gasteiger partial charge in [0, 0.05) is 13.5 Å². The van der Waals surface area contributed by atoms with E-state index in [9.17, 15) is 0 Å². The van der Waals surface area contributed by atoms with Crippen LogP contribution in [-0.2, 0) is 9.47 Å². The average Bonchev–Trinajstić information content (AvgIpc) is 2.92. The van der Waals surface area contributed by atoms with Crippen molar-refractivity contribution >= 4 is 35.8 Å². The normalized spacial score (nSPS) is 20.8. The highest BCUT2D eigenvalue weighted by molar-refractivity contribution is 14.2. The van der Waals surface area contributed by atoms with Crippen molar-refractivity contribution in [2.45, 2.75) is 19.3 Å². The van der Waals surface area contributed by atoms with Crippen LogP contribution >= 0.6 is 32.5 Å². The SMILES string of the molecule is C1=IC(COCCOCCN2CCCCC2)=CS1. The minimum absolute atomic E-state index is 0.164. The Balaban J connectivity index is 1.38. The van der Waals surface area contributed by atoms with Crippen LogP contribution in [0.5, 0.6) is 0 Å². The first kappa shape index (κ1) is 15.0. The van der Waals surface area contributed by atoms with Crippen molar-refractivity contribution in [1.82, 2.24) is 4.90 Å². The van der Waals surface area contributed by atoms with E-state index >= 15 is 0 Å². The Morgan fingerprint density at radius 1 is 1.11 bits per heavy atom. The smallest absolute Gasteiger partial charge is 0.0776 e. The average molecular weight is 383 g/mol. The van der Waals surface area contributed by atoms with Crippen molar-refractivity contribution in [3.63, 3.8) is 0 Å². The highest BCUT2D eigenvalue weighted by Crippen LogP contribution is 2.26. The van der Waals surface area contributed by atoms with E-state index in [1.54, 1.807) is 0 Å². The molecule has 2 heterocycles. The predicted molar refractivity (Wildman–Crippen MR) is 87.7 cm³/mol. The zero-order valence-electron chi connectivity index (χ0n) is 10.8. The van der Waals surface area contributed by atoms with Crippen molar-refractivity contribution in [3.05, 3.63) is 8.99 Å². The lowest BCUT2D eigenvalue weighted by molar-refractivity contribution is 0.0448. The van der Waals surface area contributed by atoms with E-state index in [1.807, 2.05) is 11.8 Å². The number of piperidine rings is 1. The molecule has 0 aromatic heterocycles. The molecule has 2 rings (SSSR count). The number of hydrogen-bond donors (Lipinski definition) is 0. The van der Waals surface area contributed by atoms with Gasteiger partial charge in [-0.1, -0.05) is 38.9 Å². The second-order valence-electron chi connectivity index (χ2n) is 4.47. The zero-order chi connectivity index (χ0) is 12.5. The van der Waals surface area contributed by atoms with Crippen LogP contribution in [-0.4, -0.2) is 54.3 Å². The molecular formula is C13H22INO2S. The van der Waals surface area contributed by atoms with Gasteiger partial charge in [-0.05, 0) is 31.3 Å². The molecule has 5 heteroatoms. The maximum atomic E-state index is 5.61. The van der Waals surface area contributed by atoms with E-state index in [2.05, 4.69) is 13.7 Å². The largest absolute Gasteiger partial charge is 0.378 e. The van der Waals surface area contributed by atoms with Gasteiger partial charge >= 0.3 is 0 Å². The van der Waals surface area contributed by atoms with E-state index in [4.69, 9.17) is 9.47 Å². The molecule has 1 saturated heterocycles. The third kappa shape index (κ3) is 6.14. The van der Waals surface area contributed by atoms with Gasteiger partial charge < -0.3 is 14.4 Å². The van der Waals surface area contributed by atoms with Crippen LogP contribution in [0.15, 0.2) is 8.99 Å². The van der Waals surface area contributed by atoms with Crippen molar-refractivity contribution in [2.24, 2.45) is 0 Å². The van der Waals surface area contributed by atoms with E-state index in [0.29, 0.717) is 0 Å². The van der Waals surface area contributed by atoms with E-state index in [1.165, 1.54) is 35.9 Å². The van der Waals surface area contributed by atoms with Crippen LogP contribution in [0.25, 0.3) is 0 Å². The fraction of sp³-hybridized carbons (Fsp3) is 0.769. The molecule has 0 atom stereocenters. The summed E-state index contributed by atoms with van der Waals surface area (Å²) in [7, 11) is 0. The van der Waals surface area contributed by atoms with Crippen molar-refractivity contribution in [3.8, 4) is 0 Å². The molecule has 0 spiro atoms. The van der Waals surface area contributed by atoms with Gasteiger partial charge in [-0.25, -0.2) is 0 Å². The fourth-order valence-corrected chi connectivity index (χ4v) is 5.67. The monoisotopic (exact) mass is 383 g/mol. The molecule has 0 N–H and O–H groups in total. The van der Waals surface area contributed by atoms with Gasteiger partial charge in [0.2, 0.25) is 0 Å². The van der Waals surface area contributed by atoms with Crippen molar-refractivity contribution < 1.29 is 9.47 Å². The van der Waals surface area contributed by atoms with Gasteiger partial charge in [0.1, 0.15) is 0 Å². The molecule has 18 heavy (non-hydrogen) atoms. The molecule has 0 saturated carbocycles. The van der Waals surface area contributed by atoms with Gasteiger partial charge in [-0.15, -0.1) is 0 Å². The Morgan fingerprint density at radius 3 is 2.72 bits per heavy atom. The first-order valence-corrected chi connectivity index (χ1v) is 9.89. The Bertz CT molecular complexity index is 291. The second-order valence-corrected chi connectivity index (χ2v) is 8.69. The Morgan fingerprint density at radius 2 is 1.94 bits per heavy atom. The minimum atomic E-state index is 0.164. The van der Waals surface area contributed by atoms with E-state index in [0.717, 1.165) is 33.0 Å². The van der Waals surface area contributed by atoms with Gasteiger partial charge in [0.25, 0.3) is 0 Å². The Labute approximate surface area is 124 Å². The molecule has 0 aromatic rings. The molecule has 2 aliphatic heterocycles. The van der Waals surface area contributed by atoms with Gasteiger partial charge in [-0.3, -0.25) is 0 Å². The van der Waals surface area contributed by atoms with Crippen molar-refractivity contribution in [2.75, 3.05) is 46.1 Å². The maximum Gasteiger partial charge on any atom is 0.0776 e. The molecule has 0 radical (unpaired) electrons. The van der Waals surface area contributed by atoms with Crippen LogP contribution < -0.4 is 0 Å². The Kier molecular flexibility index (Phi) is 7.88. The highest BCUT2D eigenvalue weighted by atomic mass is 127. The molecule has 0 amide bonds. The number of halogens is 1. The first-order chi connectivity index (χ1) is 8.95. The summed E-state index contributed by atoms with van der Waals surface area (Å²) in [6.45, 7) is 6.72. The van der Waals surface area contributed by atoms with Crippen LogP contribution in [0.3, 0.4) is 0 Å². The molecule has 0 aliphatic carbocycles. The quantitative estimate of drug-likeness (QED) is 0.475. The number of ether oxygens (including phenoxy) is 2. The predicted octanol–water partition coefficient (Wildman–Crippen LogP) is 2.82. The standard InChI is InChI=1S/C13H22INO2S/c1-2-4-15(5-3-1)6-7-16-8-9-17-10-13-11-18-12-14-13/h11-12H,1-10H2. The molecule has 0 aromatic carbocycles. The topological polar surface area (TPSA) is 21.7 Å². The van der Waals surface area contributed by atoms with Gasteiger partial charge in [0.15, 0.2) is 0 Å².